The predicted molar refractivity (Wildman–Crippen MR) is 78.9 cm³/mol. The summed E-state index contributed by atoms with van der Waals surface area (Å²) in [5, 5.41) is 0. The minimum Gasteiger partial charge on any atom is -0.497 e. The molecule has 0 atom stereocenters. The number of pyridine rings is 1. The number of ether oxygens (including phenoxy) is 1. The summed E-state index contributed by atoms with van der Waals surface area (Å²) in [6.45, 7) is 0.272. The number of methoxy groups -OCH3 is 1. The van der Waals surface area contributed by atoms with Crippen LogP contribution in [0.2, 0.25) is 0 Å². The van der Waals surface area contributed by atoms with Gasteiger partial charge in [-0.2, -0.15) is 0 Å². The topological polar surface area (TPSA) is 88.3 Å². The van der Waals surface area contributed by atoms with Gasteiger partial charge in [0.25, 0.3) is 0 Å². The van der Waals surface area contributed by atoms with Crippen molar-refractivity contribution in [2.45, 2.75) is 11.3 Å². The SMILES string of the molecule is COc1ccc(CCNS(=O)(=O)c2ccc(=O)[nH]c2)cc1. The van der Waals surface area contributed by atoms with Gasteiger partial charge in [-0.3, -0.25) is 4.79 Å². The maximum absolute atomic E-state index is 12.0. The highest BCUT2D eigenvalue weighted by Gasteiger charge is 2.13. The van der Waals surface area contributed by atoms with Crippen molar-refractivity contribution in [2.75, 3.05) is 13.7 Å². The predicted octanol–water partition coefficient (Wildman–Crippen LogP) is 0.904. The average Bonchev–Trinajstić information content (AvgIpc) is 2.48. The van der Waals surface area contributed by atoms with Crippen LogP contribution >= 0.6 is 0 Å². The molecule has 1 heterocycles. The summed E-state index contributed by atoms with van der Waals surface area (Å²) in [6.07, 6.45) is 1.74. The highest BCUT2D eigenvalue weighted by Crippen LogP contribution is 2.11. The second-order valence-corrected chi connectivity index (χ2v) is 6.15. The van der Waals surface area contributed by atoms with Gasteiger partial charge in [-0.1, -0.05) is 12.1 Å². The van der Waals surface area contributed by atoms with Crippen LogP contribution in [0.25, 0.3) is 0 Å². The molecule has 0 aliphatic carbocycles. The number of aromatic nitrogens is 1. The molecule has 2 aromatic rings. The van der Waals surface area contributed by atoms with Crippen LogP contribution in [-0.2, 0) is 16.4 Å². The zero-order valence-electron chi connectivity index (χ0n) is 11.5. The second kappa shape index (κ2) is 6.55. The van der Waals surface area contributed by atoms with Crippen molar-refractivity contribution >= 4 is 10.0 Å². The van der Waals surface area contributed by atoms with Crippen LogP contribution in [0.3, 0.4) is 0 Å². The lowest BCUT2D eigenvalue weighted by Gasteiger charge is -2.07. The van der Waals surface area contributed by atoms with Gasteiger partial charge >= 0.3 is 0 Å². The maximum Gasteiger partial charge on any atom is 0.247 e. The number of benzene rings is 1. The molecule has 0 amide bonds. The van der Waals surface area contributed by atoms with Crippen LogP contribution in [0.1, 0.15) is 5.56 Å². The van der Waals surface area contributed by atoms with Crippen LogP contribution in [-0.4, -0.2) is 27.1 Å². The molecule has 7 heteroatoms. The highest BCUT2D eigenvalue weighted by molar-refractivity contribution is 7.89. The van der Waals surface area contributed by atoms with Crippen molar-refractivity contribution < 1.29 is 13.2 Å². The molecule has 0 fully saturated rings. The lowest BCUT2D eigenvalue weighted by atomic mass is 10.1. The van der Waals surface area contributed by atoms with Gasteiger partial charge in [0.1, 0.15) is 5.75 Å². The molecule has 0 spiro atoms. The molecule has 0 bridgehead atoms. The van der Waals surface area contributed by atoms with E-state index in [9.17, 15) is 13.2 Å². The summed E-state index contributed by atoms with van der Waals surface area (Å²) >= 11 is 0. The Labute approximate surface area is 122 Å². The van der Waals surface area contributed by atoms with E-state index >= 15 is 0 Å². The van der Waals surface area contributed by atoms with Crippen LogP contribution < -0.4 is 15.0 Å². The first kappa shape index (κ1) is 15.3. The Hall–Kier alpha value is -2.12. The van der Waals surface area contributed by atoms with E-state index in [1.54, 1.807) is 7.11 Å². The third kappa shape index (κ3) is 4.17. The molecule has 112 valence electrons. The van der Waals surface area contributed by atoms with Gasteiger partial charge in [0.2, 0.25) is 15.6 Å². The van der Waals surface area contributed by atoms with Gasteiger partial charge in [0.05, 0.1) is 12.0 Å². The van der Waals surface area contributed by atoms with Crippen LogP contribution in [0.15, 0.2) is 52.3 Å². The van der Waals surface area contributed by atoms with Gasteiger partial charge in [-0.05, 0) is 30.2 Å². The van der Waals surface area contributed by atoms with Gasteiger partial charge in [0.15, 0.2) is 0 Å². The van der Waals surface area contributed by atoms with Crippen LogP contribution in [0, 0.1) is 0 Å². The Morgan fingerprint density at radius 2 is 1.86 bits per heavy atom. The number of aromatic amines is 1. The van der Waals surface area contributed by atoms with Crippen LogP contribution in [0.5, 0.6) is 5.75 Å². The van der Waals surface area contributed by atoms with E-state index in [1.165, 1.54) is 18.3 Å². The van der Waals surface area contributed by atoms with E-state index in [4.69, 9.17) is 4.74 Å². The molecular weight excluding hydrogens is 292 g/mol. The smallest absolute Gasteiger partial charge is 0.247 e. The van der Waals surface area contributed by atoms with Crippen molar-refractivity contribution in [2.24, 2.45) is 0 Å². The minimum absolute atomic E-state index is 0.0387. The monoisotopic (exact) mass is 308 g/mol. The quantitative estimate of drug-likeness (QED) is 0.830. The Kier molecular flexibility index (Phi) is 4.77. The van der Waals surface area contributed by atoms with Gasteiger partial charge < -0.3 is 9.72 Å². The van der Waals surface area contributed by atoms with E-state index in [2.05, 4.69) is 9.71 Å². The van der Waals surface area contributed by atoms with Gasteiger partial charge in [-0.15, -0.1) is 0 Å². The van der Waals surface area contributed by atoms with E-state index in [0.717, 1.165) is 11.3 Å². The van der Waals surface area contributed by atoms with Gasteiger partial charge in [-0.25, -0.2) is 13.1 Å². The molecule has 1 aromatic carbocycles. The molecule has 0 aliphatic heterocycles. The van der Waals surface area contributed by atoms with Crippen molar-refractivity contribution in [1.29, 1.82) is 0 Å². The standard InChI is InChI=1S/C14H16N2O4S/c1-20-12-4-2-11(3-5-12)8-9-16-21(18,19)13-6-7-14(17)15-10-13/h2-7,10,16H,8-9H2,1H3,(H,15,17). The molecule has 1 aromatic heterocycles. The summed E-state index contributed by atoms with van der Waals surface area (Å²) in [7, 11) is -2.01. The zero-order valence-corrected chi connectivity index (χ0v) is 12.3. The number of H-pyrrole nitrogens is 1. The molecule has 0 saturated carbocycles. The van der Waals surface area contributed by atoms with Crippen LogP contribution in [0.4, 0.5) is 0 Å². The first-order valence-corrected chi connectivity index (χ1v) is 7.81. The summed E-state index contributed by atoms with van der Waals surface area (Å²) in [5.41, 5.74) is 0.659. The molecule has 21 heavy (non-hydrogen) atoms. The average molecular weight is 308 g/mol. The van der Waals surface area contributed by atoms with Crippen molar-refractivity contribution in [3.63, 3.8) is 0 Å². The maximum atomic E-state index is 12.0. The van der Waals surface area contributed by atoms with E-state index < -0.39 is 10.0 Å². The Morgan fingerprint density at radius 3 is 2.43 bits per heavy atom. The molecule has 0 radical (unpaired) electrons. The molecule has 0 aliphatic rings. The zero-order chi connectivity index (χ0) is 15.3. The Bertz CT molecular complexity index is 731. The summed E-state index contributed by atoms with van der Waals surface area (Å²) in [4.78, 5) is 13.3. The first-order valence-electron chi connectivity index (χ1n) is 6.32. The summed E-state index contributed by atoms with van der Waals surface area (Å²) in [5.74, 6) is 0.757. The normalized spacial score (nSPS) is 11.3. The molecule has 6 nitrogen and oxygen atoms in total. The van der Waals surface area contributed by atoms with E-state index in [1.807, 2.05) is 24.3 Å². The summed E-state index contributed by atoms with van der Waals surface area (Å²) in [6, 6.07) is 9.87. The highest BCUT2D eigenvalue weighted by atomic mass is 32.2. The van der Waals surface area contributed by atoms with Crippen molar-refractivity contribution in [3.8, 4) is 5.75 Å². The molecule has 0 saturated heterocycles. The van der Waals surface area contributed by atoms with Gasteiger partial charge in [0, 0.05) is 18.8 Å². The number of hydrogen-bond acceptors (Lipinski definition) is 4. The first-order chi connectivity index (χ1) is 10.0. The van der Waals surface area contributed by atoms with Crippen molar-refractivity contribution in [3.05, 3.63) is 58.5 Å². The number of rotatable bonds is 6. The molecule has 0 unspecified atom stereocenters. The lowest BCUT2D eigenvalue weighted by molar-refractivity contribution is 0.414. The fourth-order valence-corrected chi connectivity index (χ4v) is 2.77. The summed E-state index contributed by atoms with van der Waals surface area (Å²) < 4.78 is 31.5. The lowest BCUT2D eigenvalue weighted by Crippen LogP contribution is -2.26. The third-order valence-corrected chi connectivity index (χ3v) is 4.39. The van der Waals surface area contributed by atoms with E-state index in [-0.39, 0.29) is 17.0 Å². The number of sulfonamides is 1. The number of hydrogen-bond donors (Lipinski definition) is 2. The largest absolute Gasteiger partial charge is 0.497 e. The molecule has 2 N–H and O–H groups in total. The molecular formula is C14H16N2O4S. The Balaban J connectivity index is 1.95. The van der Waals surface area contributed by atoms with Crippen molar-refractivity contribution in [1.82, 2.24) is 9.71 Å². The van der Waals surface area contributed by atoms with E-state index in [0.29, 0.717) is 6.42 Å². The third-order valence-electron chi connectivity index (χ3n) is 2.93. The number of nitrogens with one attached hydrogen (secondary N) is 2. The fraction of sp³-hybridized carbons (Fsp3) is 0.214. The molecule has 2 rings (SSSR count). The Morgan fingerprint density at radius 1 is 1.14 bits per heavy atom. The minimum atomic E-state index is -3.60. The fourth-order valence-electron chi connectivity index (χ4n) is 1.77. The second-order valence-electron chi connectivity index (χ2n) is 4.38.